The predicted octanol–water partition coefficient (Wildman–Crippen LogP) is 3.84. The Morgan fingerprint density at radius 2 is 1.83 bits per heavy atom. The van der Waals surface area contributed by atoms with Gasteiger partial charge in [-0.15, -0.1) is 0 Å². The third-order valence-electron chi connectivity index (χ3n) is 4.93. The molecule has 0 bridgehead atoms. The second kappa shape index (κ2) is 8.63. The molecule has 5 heteroatoms. The van der Waals surface area contributed by atoms with Crippen LogP contribution in [0.15, 0.2) is 0 Å². The number of hydrogen-bond donors (Lipinski definition) is 0. The normalized spacial score (nSPS) is 27.2. The Hall–Kier alpha value is -0.650. The molecule has 140 valence electrons. The maximum Gasteiger partial charge on any atom is 0.338 e. The van der Waals surface area contributed by atoms with Crippen molar-refractivity contribution in [3.05, 3.63) is 0 Å². The fourth-order valence-corrected chi connectivity index (χ4v) is 3.71. The van der Waals surface area contributed by atoms with Crippen LogP contribution in [0.4, 0.5) is 0 Å². The summed E-state index contributed by atoms with van der Waals surface area (Å²) in [4.78, 5) is 12.7. The molecule has 0 spiro atoms. The fraction of sp³-hybridized carbons (Fsp3) is 0.947. The van der Waals surface area contributed by atoms with Gasteiger partial charge in [-0.2, -0.15) is 0 Å². The summed E-state index contributed by atoms with van der Waals surface area (Å²) in [6.45, 7) is 6.69. The van der Waals surface area contributed by atoms with Crippen LogP contribution in [0.1, 0.15) is 72.1 Å². The minimum absolute atomic E-state index is 0.185. The first-order valence-electron chi connectivity index (χ1n) is 9.32. The number of esters is 1. The SMILES string of the molecule is COCO[C@H]1CCC[C@@H](COC2(C(=O)OC(C)(C)C)CCCC2)C1. The molecule has 2 saturated carbocycles. The number of methoxy groups -OCH3 is 1. The van der Waals surface area contributed by atoms with Gasteiger partial charge < -0.3 is 18.9 Å². The monoisotopic (exact) mass is 342 g/mol. The molecule has 0 heterocycles. The minimum atomic E-state index is -0.729. The number of carbonyl (C=O) groups is 1. The average molecular weight is 342 g/mol. The van der Waals surface area contributed by atoms with Crippen molar-refractivity contribution in [3.8, 4) is 0 Å². The molecule has 0 amide bonds. The van der Waals surface area contributed by atoms with Crippen LogP contribution in [-0.4, -0.2) is 43.8 Å². The molecule has 2 aliphatic carbocycles. The van der Waals surface area contributed by atoms with E-state index in [1.807, 2.05) is 20.8 Å². The van der Waals surface area contributed by atoms with Gasteiger partial charge in [0.2, 0.25) is 0 Å². The summed E-state index contributed by atoms with van der Waals surface area (Å²) in [5.74, 6) is 0.260. The highest BCUT2D eigenvalue weighted by Gasteiger charge is 2.45. The summed E-state index contributed by atoms with van der Waals surface area (Å²) in [5.41, 5.74) is -1.20. The number of rotatable bonds is 7. The van der Waals surface area contributed by atoms with Gasteiger partial charge in [0.15, 0.2) is 5.60 Å². The first-order chi connectivity index (χ1) is 11.3. The summed E-state index contributed by atoms with van der Waals surface area (Å²) in [7, 11) is 1.65. The molecule has 2 aliphatic rings. The molecular formula is C19H34O5. The maximum absolute atomic E-state index is 12.7. The second-order valence-corrected chi connectivity index (χ2v) is 8.24. The Morgan fingerprint density at radius 3 is 2.46 bits per heavy atom. The van der Waals surface area contributed by atoms with Crippen molar-refractivity contribution >= 4 is 5.97 Å². The fourth-order valence-electron chi connectivity index (χ4n) is 3.71. The van der Waals surface area contributed by atoms with Crippen molar-refractivity contribution in [2.45, 2.75) is 89.4 Å². The molecule has 2 fully saturated rings. The van der Waals surface area contributed by atoms with Crippen LogP contribution in [0.2, 0.25) is 0 Å². The first kappa shape index (κ1) is 19.7. The lowest BCUT2D eigenvalue weighted by atomic mass is 9.87. The van der Waals surface area contributed by atoms with Crippen LogP contribution in [0, 0.1) is 5.92 Å². The van der Waals surface area contributed by atoms with Gasteiger partial charge in [0.25, 0.3) is 0 Å². The Bertz CT molecular complexity index is 395. The Kier molecular flexibility index (Phi) is 7.08. The van der Waals surface area contributed by atoms with E-state index in [0.29, 0.717) is 19.3 Å². The minimum Gasteiger partial charge on any atom is -0.458 e. The third-order valence-corrected chi connectivity index (χ3v) is 4.93. The molecule has 2 atom stereocenters. The van der Waals surface area contributed by atoms with Gasteiger partial charge in [-0.1, -0.05) is 6.42 Å². The Morgan fingerprint density at radius 1 is 1.12 bits per heavy atom. The topological polar surface area (TPSA) is 54.0 Å². The van der Waals surface area contributed by atoms with Crippen molar-refractivity contribution in [3.63, 3.8) is 0 Å². The van der Waals surface area contributed by atoms with E-state index in [-0.39, 0.29) is 12.1 Å². The van der Waals surface area contributed by atoms with Crippen LogP contribution in [0.5, 0.6) is 0 Å². The highest BCUT2D eigenvalue weighted by Crippen LogP contribution is 2.37. The predicted molar refractivity (Wildman–Crippen MR) is 91.7 cm³/mol. The van der Waals surface area contributed by atoms with Gasteiger partial charge in [-0.05, 0) is 71.6 Å². The average Bonchev–Trinajstić information content (AvgIpc) is 3.00. The molecule has 5 nitrogen and oxygen atoms in total. The molecule has 24 heavy (non-hydrogen) atoms. The molecule has 0 aromatic rings. The molecule has 0 unspecified atom stereocenters. The van der Waals surface area contributed by atoms with Crippen LogP contribution in [0.3, 0.4) is 0 Å². The highest BCUT2D eigenvalue weighted by atomic mass is 16.7. The number of ether oxygens (including phenoxy) is 4. The van der Waals surface area contributed by atoms with E-state index < -0.39 is 11.2 Å². The standard InChI is InChI=1S/C19H34O5/c1-18(2,3)24-17(20)19(10-5-6-11-19)23-13-15-8-7-9-16(12-15)22-14-21-4/h15-16H,5-14H2,1-4H3/t15-,16+/m1/s1. The van der Waals surface area contributed by atoms with Gasteiger partial charge in [-0.25, -0.2) is 4.79 Å². The molecule has 0 aromatic carbocycles. The zero-order chi connectivity index (χ0) is 17.6. The van der Waals surface area contributed by atoms with E-state index in [1.165, 1.54) is 0 Å². The Balaban J connectivity index is 1.88. The number of carbonyl (C=O) groups excluding carboxylic acids is 1. The molecule has 0 radical (unpaired) electrons. The summed E-state index contributed by atoms with van der Waals surface area (Å²) in [6.07, 6.45) is 8.20. The van der Waals surface area contributed by atoms with Crippen molar-refractivity contribution in [1.82, 2.24) is 0 Å². The third kappa shape index (κ3) is 5.71. The largest absolute Gasteiger partial charge is 0.458 e. The van der Waals surface area contributed by atoms with E-state index in [9.17, 15) is 4.79 Å². The second-order valence-electron chi connectivity index (χ2n) is 8.24. The van der Waals surface area contributed by atoms with Crippen LogP contribution in [-0.2, 0) is 23.7 Å². The van der Waals surface area contributed by atoms with Crippen LogP contribution in [0.25, 0.3) is 0 Å². The highest BCUT2D eigenvalue weighted by molar-refractivity contribution is 5.80. The lowest BCUT2D eigenvalue weighted by molar-refractivity contribution is -0.186. The molecule has 0 saturated heterocycles. The van der Waals surface area contributed by atoms with Crippen LogP contribution >= 0.6 is 0 Å². The molecule has 0 aliphatic heterocycles. The first-order valence-corrected chi connectivity index (χ1v) is 9.32. The van der Waals surface area contributed by atoms with E-state index in [1.54, 1.807) is 7.11 Å². The summed E-state index contributed by atoms with van der Waals surface area (Å²) in [5, 5.41) is 0. The maximum atomic E-state index is 12.7. The lowest BCUT2D eigenvalue weighted by Crippen LogP contribution is -2.45. The van der Waals surface area contributed by atoms with Gasteiger partial charge >= 0.3 is 5.97 Å². The van der Waals surface area contributed by atoms with E-state index >= 15 is 0 Å². The van der Waals surface area contributed by atoms with Gasteiger partial charge in [0.1, 0.15) is 12.4 Å². The molecule has 0 aromatic heterocycles. The van der Waals surface area contributed by atoms with Crippen LogP contribution < -0.4 is 0 Å². The lowest BCUT2D eigenvalue weighted by Gasteiger charge is -2.34. The smallest absolute Gasteiger partial charge is 0.338 e. The summed E-state index contributed by atoms with van der Waals surface area (Å²) >= 11 is 0. The van der Waals surface area contributed by atoms with Crippen molar-refractivity contribution < 1.29 is 23.7 Å². The quantitative estimate of drug-likeness (QED) is 0.520. The van der Waals surface area contributed by atoms with Gasteiger partial charge in [-0.3, -0.25) is 0 Å². The summed E-state index contributed by atoms with van der Waals surface area (Å²) < 4.78 is 22.6. The zero-order valence-corrected chi connectivity index (χ0v) is 15.8. The van der Waals surface area contributed by atoms with E-state index in [0.717, 1.165) is 51.4 Å². The Labute approximate surface area is 146 Å². The van der Waals surface area contributed by atoms with Gasteiger partial charge in [0, 0.05) is 7.11 Å². The van der Waals surface area contributed by atoms with E-state index in [4.69, 9.17) is 18.9 Å². The number of hydrogen-bond acceptors (Lipinski definition) is 5. The molecule has 2 rings (SSSR count). The van der Waals surface area contributed by atoms with Gasteiger partial charge in [0.05, 0.1) is 12.7 Å². The van der Waals surface area contributed by atoms with E-state index in [2.05, 4.69) is 0 Å². The molecular weight excluding hydrogens is 308 g/mol. The zero-order valence-electron chi connectivity index (χ0n) is 15.8. The van der Waals surface area contributed by atoms with Crippen molar-refractivity contribution in [1.29, 1.82) is 0 Å². The molecule has 0 N–H and O–H groups in total. The van der Waals surface area contributed by atoms with Crippen molar-refractivity contribution in [2.24, 2.45) is 5.92 Å². The summed E-state index contributed by atoms with van der Waals surface area (Å²) in [6, 6.07) is 0. The van der Waals surface area contributed by atoms with Crippen molar-refractivity contribution in [2.75, 3.05) is 20.5 Å².